The third kappa shape index (κ3) is 2.77. The number of nitrogens with zero attached hydrogens (tertiary/aromatic N) is 4. The summed E-state index contributed by atoms with van der Waals surface area (Å²) in [5, 5.41) is 3.08. The first-order valence-corrected chi connectivity index (χ1v) is 4.24. The quantitative estimate of drug-likeness (QED) is 0.447. The summed E-state index contributed by atoms with van der Waals surface area (Å²) in [6.45, 7) is -0.498. The second-order valence-corrected chi connectivity index (χ2v) is 2.85. The average molecular weight is 232 g/mol. The summed E-state index contributed by atoms with van der Waals surface area (Å²) in [6, 6.07) is 2.86. The molecule has 0 saturated heterocycles. The third-order valence-corrected chi connectivity index (χ3v) is 1.83. The molecular weight excluding hydrogens is 225 g/mol. The van der Waals surface area contributed by atoms with Crippen LogP contribution in [0.25, 0.3) is 10.4 Å². The van der Waals surface area contributed by atoms with Crippen LogP contribution in [-0.4, -0.2) is 11.1 Å². The topological polar surface area (TPSA) is 70.8 Å². The van der Waals surface area contributed by atoms with Gasteiger partial charge in [-0.15, -0.1) is 0 Å². The van der Waals surface area contributed by atoms with Gasteiger partial charge in [-0.05, 0) is 11.6 Å². The van der Waals surface area contributed by atoms with Crippen molar-refractivity contribution in [3.63, 3.8) is 0 Å². The van der Waals surface area contributed by atoms with Gasteiger partial charge in [0.15, 0.2) is 0 Å². The van der Waals surface area contributed by atoms with Crippen molar-refractivity contribution in [2.75, 3.05) is 6.54 Å². The van der Waals surface area contributed by atoms with Crippen molar-refractivity contribution in [3.8, 4) is 0 Å². The fraction of sp³-hybridized carbons (Fsp3) is 0.375. The Kier molecular flexibility index (Phi) is 3.57. The molecule has 0 aliphatic rings. The molecule has 0 unspecified atom stereocenters. The monoisotopic (exact) mass is 232 g/mol. The predicted octanol–water partition coefficient (Wildman–Crippen LogP) is 2.18. The summed E-state index contributed by atoms with van der Waals surface area (Å²) in [5.41, 5.74) is 6.17. The Morgan fingerprint density at radius 1 is 1.44 bits per heavy atom. The summed E-state index contributed by atoms with van der Waals surface area (Å²) >= 11 is 0. The van der Waals surface area contributed by atoms with E-state index in [1.165, 1.54) is 0 Å². The minimum atomic E-state index is -4.60. The van der Waals surface area contributed by atoms with E-state index in [9.17, 15) is 18.0 Å². The molecule has 1 rings (SSSR count). The highest BCUT2D eigenvalue weighted by Gasteiger charge is 2.33. The molecule has 1 heterocycles. The number of hydrogen-bond acceptors (Lipinski definition) is 2. The summed E-state index contributed by atoms with van der Waals surface area (Å²) < 4.78 is 38.0. The van der Waals surface area contributed by atoms with Crippen molar-refractivity contribution in [2.24, 2.45) is 5.11 Å². The second kappa shape index (κ2) is 4.71. The van der Waals surface area contributed by atoms with Crippen LogP contribution in [0.3, 0.4) is 0 Å². The van der Waals surface area contributed by atoms with Crippen molar-refractivity contribution < 1.29 is 13.2 Å². The van der Waals surface area contributed by atoms with E-state index in [2.05, 4.69) is 10.0 Å². The molecule has 86 valence electrons. The van der Waals surface area contributed by atoms with E-state index in [4.69, 9.17) is 5.53 Å². The Morgan fingerprint density at radius 3 is 2.69 bits per heavy atom. The molecule has 1 aromatic rings. The van der Waals surface area contributed by atoms with Crippen LogP contribution >= 0.6 is 0 Å². The van der Waals surface area contributed by atoms with Gasteiger partial charge in [-0.3, -0.25) is 4.79 Å². The van der Waals surface area contributed by atoms with Crippen LogP contribution in [0.2, 0.25) is 0 Å². The minimum Gasteiger partial charge on any atom is -0.304 e. The van der Waals surface area contributed by atoms with Gasteiger partial charge in [-0.25, -0.2) is 0 Å². The molecule has 16 heavy (non-hydrogen) atoms. The molecule has 0 aliphatic heterocycles. The highest BCUT2D eigenvalue weighted by molar-refractivity contribution is 5.10. The predicted molar refractivity (Wildman–Crippen MR) is 49.7 cm³/mol. The first kappa shape index (κ1) is 12.1. The molecule has 0 aromatic carbocycles. The van der Waals surface area contributed by atoms with Gasteiger partial charge in [0.25, 0.3) is 5.56 Å². The van der Waals surface area contributed by atoms with E-state index in [0.717, 1.165) is 18.2 Å². The van der Waals surface area contributed by atoms with Crippen LogP contribution in [0.5, 0.6) is 0 Å². The number of rotatable bonds is 3. The summed E-state index contributed by atoms with van der Waals surface area (Å²) in [7, 11) is 0. The van der Waals surface area contributed by atoms with E-state index in [1.54, 1.807) is 0 Å². The van der Waals surface area contributed by atoms with Crippen LogP contribution in [0, 0.1) is 0 Å². The van der Waals surface area contributed by atoms with Crippen molar-refractivity contribution >= 4 is 0 Å². The first-order valence-electron chi connectivity index (χ1n) is 4.24. The smallest absolute Gasteiger partial charge is 0.304 e. The van der Waals surface area contributed by atoms with Crippen molar-refractivity contribution in [3.05, 3.63) is 44.7 Å². The molecule has 0 amide bonds. The molecule has 0 fully saturated rings. The van der Waals surface area contributed by atoms with Gasteiger partial charge < -0.3 is 4.57 Å². The zero-order valence-corrected chi connectivity index (χ0v) is 7.98. The Hall–Kier alpha value is -1.95. The van der Waals surface area contributed by atoms with E-state index in [1.807, 2.05) is 0 Å². The molecule has 0 bridgehead atoms. The fourth-order valence-electron chi connectivity index (χ4n) is 1.19. The standard InChI is InChI=1S/C8H7F3N4O/c9-8(10,11)6-2-1-3-7(16)15(6)5-4-13-14-12/h1-3H,4-5H2. The molecule has 1 aromatic heterocycles. The van der Waals surface area contributed by atoms with Gasteiger partial charge in [0, 0.05) is 24.1 Å². The van der Waals surface area contributed by atoms with Gasteiger partial charge in [-0.1, -0.05) is 11.2 Å². The van der Waals surface area contributed by atoms with Gasteiger partial charge >= 0.3 is 6.18 Å². The Balaban J connectivity index is 3.14. The molecule has 0 atom stereocenters. The number of aromatic nitrogens is 1. The normalized spacial score (nSPS) is 10.9. The molecule has 0 radical (unpaired) electrons. The van der Waals surface area contributed by atoms with E-state index in [-0.39, 0.29) is 13.1 Å². The number of halogens is 3. The zero-order valence-electron chi connectivity index (χ0n) is 7.98. The first-order chi connectivity index (χ1) is 7.46. The lowest BCUT2D eigenvalue weighted by atomic mass is 10.3. The largest absolute Gasteiger partial charge is 0.431 e. The Bertz CT molecular complexity index is 473. The van der Waals surface area contributed by atoms with Gasteiger partial charge in [0.2, 0.25) is 0 Å². The molecule has 0 saturated carbocycles. The van der Waals surface area contributed by atoms with Crippen molar-refractivity contribution in [1.82, 2.24) is 4.57 Å². The van der Waals surface area contributed by atoms with Crippen LogP contribution in [0.15, 0.2) is 28.1 Å². The molecule has 8 heteroatoms. The van der Waals surface area contributed by atoms with Crippen LogP contribution in [0.1, 0.15) is 5.69 Å². The lowest BCUT2D eigenvalue weighted by molar-refractivity contribution is -0.144. The van der Waals surface area contributed by atoms with Crippen LogP contribution in [-0.2, 0) is 12.7 Å². The fourth-order valence-corrected chi connectivity index (χ4v) is 1.19. The molecule has 0 aliphatic carbocycles. The average Bonchev–Trinajstić information content (AvgIpc) is 2.19. The van der Waals surface area contributed by atoms with Crippen LogP contribution in [0.4, 0.5) is 13.2 Å². The molecular formula is C8H7F3N4O. The summed E-state index contributed by atoms with van der Waals surface area (Å²) in [5.74, 6) is 0. The SMILES string of the molecule is [N-]=[N+]=NCCn1c(C(F)(F)F)cccc1=O. The lowest BCUT2D eigenvalue weighted by Gasteiger charge is -2.13. The van der Waals surface area contributed by atoms with Crippen molar-refractivity contribution in [2.45, 2.75) is 12.7 Å². The highest BCUT2D eigenvalue weighted by atomic mass is 19.4. The maximum Gasteiger partial charge on any atom is 0.431 e. The van der Waals surface area contributed by atoms with E-state index in [0.29, 0.717) is 4.57 Å². The maximum absolute atomic E-state index is 12.5. The van der Waals surface area contributed by atoms with Gasteiger partial charge in [0.05, 0.1) is 0 Å². The molecule has 5 nitrogen and oxygen atoms in total. The Labute approximate surface area is 87.7 Å². The zero-order chi connectivity index (χ0) is 12.2. The van der Waals surface area contributed by atoms with E-state index < -0.39 is 17.4 Å². The summed E-state index contributed by atoms with van der Waals surface area (Å²) in [4.78, 5) is 13.6. The number of pyridine rings is 1. The molecule has 0 N–H and O–H groups in total. The maximum atomic E-state index is 12.5. The summed E-state index contributed by atoms with van der Waals surface area (Å²) in [6.07, 6.45) is -4.60. The third-order valence-electron chi connectivity index (χ3n) is 1.83. The number of alkyl halides is 3. The van der Waals surface area contributed by atoms with Crippen LogP contribution < -0.4 is 5.56 Å². The minimum absolute atomic E-state index is 0.205. The van der Waals surface area contributed by atoms with Gasteiger partial charge in [-0.2, -0.15) is 13.2 Å². The lowest BCUT2D eigenvalue weighted by Crippen LogP contribution is -2.28. The van der Waals surface area contributed by atoms with Gasteiger partial charge in [0.1, 0.15) is 5.69 Å². The second-order valence-electron chi connectivity index (χ2n) is 2.85. The van der Waals surface area contributed by atoms with Crippen molar-refractivity contribution in [1.29, 1.82) is 0 Å². The molecule has 0 spiro atoms. The highest BCUT2D eigenvalue weighted by Crippen LogP contribution is 2.27. The Morgan fingerprint density at radius 2 is 2.12 bits per heavy atom. The number of azide groups is 1. The van der Waals surface area contributed by atoms with E-state index >= 15 is 0 Å². The number of hydrogen-bond donors (Lipinski definition) is 0.